The van der Waals surface area contributed by atoms with Crippen molar-refractivity contribution in [3.05, 3.63) is 0 Å². The van der Waals surface area contributed by atoms with E-state index >= 15 is 0 Å². The summed E-state index contributed by atoms with van der Waals surface area (Å²) in [5.74, 6) is 2.47. The van der Waals surface area contributed by atoms with Gasteiger partial charge >= 0.3 is 0 Å². The van der Waals surface area contributed by atoms with Crippen LogP contribution in [-0.2, 0) is 0 Å². The van der Waals surface area contributed by atoms with Crippen LogP contribution in [0.3, 0.4) is 0 Å². The Balaban J connectivity index is 3.68. The van der Waals surface area contributed by atoms with Gasteiger partial charge in [-0.1, -0.05) is 55.4 Å². The Hall–Kier alpha value is 1.13. The van der Waals surface area contributed by atoms with Crippen molar-refractivity contribution in [1.82, 2.24) is 10.2 Å². The van der Waals surface area contributed by atoms with Crippen molar-refractivity contribution in [2.75, 3.05) is 24.6 Å². The lowest BCUT2D eigenvalue weighted by Gasteiger charge is -2.27. The molecule has 0 spiro atoms. The van der Waals surface area contributed by atoms with Gasteiger partial charge in [-0.25, -0.2) is 0 Å². The van der Waals surface area contributed by atoms with Gasteiger partial charge < -0.3 is 0 Å². The molecule has 0 saturated carbocycles. The first-order valence-electron chi connectivity index (χ1n) is 8.38. The molecule has 0 fully saturated rings. The molecule has 5 heteroatoms. The van der Waals surface area contributed by atoms with Crippen LogP contribution in [0.5, 0.6) is 0 Å². The number of rotatable bonds is 12. The van der Waals surface area contributed by atoms with Crippen molar-refractivity contribution >= 4 is 27.9 Å². The molecule has 0 radical (unpaired) electrons. The average molecular weight is 353 g/mol. The Kier molecular flexibility index (Phi) is 13.2. The summed E-state index contributed by atoms with van der Waals surface area (Å²) in [5, 5.41) is 7.56. The lowest BCUT2D eigenvalue weighted by atomic mass is 10.5. The van der Waals surface area contributed by atoms with Crippen LogP contribution in [-0.4, -0.2) is 47.2 Å². The van der Waals surface area contributed by atoms with E-state index in [2.05, 4.69) is 77.3 Å². The summed E-state index contributed by atoms with van der Waals surface area (Å²) in [5.41, 5.74) is 3.14. The van der Waals surface area contributed by atoms with Gasteiger partial charge in [-0.2, -0.15) is 11.8 Å². The molecule has 0 saturated heterocycles. The van der Waals surface area contributed by atoms with E-state index in [4.69, 9.17) is 0 Å². The van der Waals surface area contributed by atoms with Crippen LogP contribution in [0.2, 0.25) is 0 Å². The van der Waals surface area contributed by atoms with Crippen LogP contribution < -0.4 is 10.2 Å². The Morgan fingerprint density at radius 2 is 0.905 bits per heavy atom. The number of thioether (sulfide) groups is 1. The molecule has 2 N–H and O–H groups in total. The van der Waals surface area contributed by atoms with Crippen LogP contribution in [0.15, 0.2) is 0 Å². The van der Waals surface area contributed by atoms with E-state index in [-0.39, 0.29) is 16.1 Å². The summed E-state index contributed by atoms with van der Waals surface area (Å²) in [6.45, 7) is 21.1. The first-order chi connectivity index (χ1) is 9.77. The maximum atomic E-state index is 3.78. The van der Waals surface area contributed by atoms with Crippen LogP contribution >= 0.6 is 27.9 Å². The highest BCUT2D eigenvalue weighted by atomic mass is 32.2. The van der Waals surface area contributed by atoms with Crippen LogP contribution in [0.4, 0.5) is 0 Å². The molecule has 0 aromatic carbocycles. The molecule has 0 amide bonds. The lowest BCUT2D eigenvalue weighted by molar-refractivity contribution is 0.916. The third-order valence-corrected chi connectivity index (χ3v) is 9.92. The zero-order valence-electron chi connectivity index (χ0n) is 15.4. The molecule has 21 heavy (non-hydrogen) atoms. The van der Waals surface area contributed by atoms with Crippen molar-refractivity contribution in [2.45, 2.75) is 78.0 Å². The van der Waals surface area contributed by atoms with Crippen molar-refractivity contribution in [1.29, 1.82) is 0 Å². The van der Waals surface area contributed by atoms with Crippen LogP contribution in [0.1, 0.15) is 55.4 Å². The first kappa shape index (κ1) is 22.1. The molecule has 128 valence electrons. The van der Waals surface area contributed by atoms with E-state index in [1.807, 2.05) is 0 Å². The van der Waals surface area contributed by atoms with Gasteiger partial charge in [0, 0.05) is 24.6 Å². The second-order valence-electron chi connectivity index (χ2n) is 6.62. The fraction of sp³-hybridized carbons (Fsp3) is 1.00. The van der Waals surface area contributed by atoms with Crippen molar-refractivity contribution in [3.8, 4) is 0 Å². The number of hydrogen-bond donors (Lipinski definition) is 2. The van der Waals surface area contributed by atoms with E-state index in [9.17, 15) is 0 Å². The maximum absolute atomic E-state index is 3.78. The minimum absolute atomic E-state index is 0.00647. The molecule has 0 unspecified atom stereocenters. The predicted octanol–water partition coefficient (Wildman–Crippen LogP) is 5.33. The van der Waals surface area contributed by atoms with Gasteiger partial charge in [-0.3, -0.25) is 10.2 Å². The minimum atomic E-state index is -0.00647. The van der Waals surface area contributed by atoms with Gasteiger partial charge in [0.25, 0.3) is 0 Å². The average Bonchev–Trinajstić information content (AvgIpc) is 2.34. The molecular weight excluding hydrogens is 314 g/mol. The quantitative estimate of drug-likeness (QED) is 0.367. The van der Waals surface area contributed by atoms with Gasteiger partial charge in [0.2, 0.25) is 0 Å². The fourth-order valence-electron chi connectivity index (χ4n) is 2.52. The topological polar surface area (TPSA) is 24.1 Å². The first-order valence-corrected chi connectivity index (χ1v) is 12.5. The molecule has 2 nitrogen and oxygen atoms in total. The van der Waals surface area contributed by atoms with Gasteiger partial charge in [0.05, 0.1) is 0 Å². The van der Waals surface area contributed by atoms with Crippen LogP contribution in [0, 0.1) is 0 Å². The molecule has 0 bridgehead atoms. The summed E-state index contributed by atoms with van der Waals surface area (Å²) in [7, 11) is -0.0129. The van der Waals surface area contributed by atoms with Crippen molar-refractivity contribution < 1.29 is 0 Å². The van der Waals surface area contributed by atoms with Crippen molar-refractivity contribution in [3.63, 3.8) is 0 Å². The van der Waals surface area contributed by atoms with Crippen molar-refractivity contribution in [2.24, 2.45) is 0 Å². The highest BCUT2D eigenvalue weighted by Crippen LogP contribution is 2.42. The minimum Gasteiger partial charge on any atom is -0.294 e. The summed E-state index contributed by atoms with van der Waals surface area (Å²) in [4.78, 5) is 0. The summed E-state index contributed by atoms with van der Waals surface area (Å²) >= 11 is 2.08. The smallest absolute Gasteiger partial charge is 0.00813 e. The molecule has 0 heterocycles. The lowest BCUT2D eigenvalue weighted by Crippen LogP contribution is -2.22. The highest BCUT2D eigenvalue weighted by Gasteiger charge is 2.16. The second-order valence-corrected chi connectivity index (χ2v) is 14.2. The molecular formula is C16H38N2P2S. The molecule has 0 aromatic heterocycles. The zero-order chi connectivity index (χ0) is 16.4. The molecule has 0 aliphatic rings. The monoisotopic (exact) mass is 352 g/mol. The maximum Gasteiger partial charge on any atom is 0.00813 e. The molecule has 0 aromatic rings. The number of nitrogens with one attached hydrogen (secondary N) is 2. The van der Waals surface area contributed by atoms with E-state index in [0.29, 0.717) is 0 Å². The van der Waals surface area contributed by atoms with E-state index < -0.39 is 0 Å². The fourth-order valence-corrected chi connectivity index (χ4v) is 8.10. The third-order valence-electron chi connectivity index (χ3n) is 3.31. The van der Waals surface area contributed by atoms with Crippen LogP contribution in [0.25, 0.3) is 0 Å². The Morgan fingerprint density at radius 1 is 0.619 bits per heavy atom. The molecule has 0 aliphatic heterocycles. The zero-order valence-corrected chi connectivity index (χ0v) is 18.0. The number of hydrogen-bond acceptors (Lipinski definition) is 3. The Labute approximate surface area is 141 Å². The third kappa shape index (κ3) is 10.5. The van der Waals surface area contributed by atoms with E-state index in [1.54, 1.807) is 0 Å². The summed E-state index contributed by atoms with van der Waals surface area (Å²) in [6, 6.07) is 0. The van der Waals surface area contributed by atoms with Gasteiger partial charge in [0.1, 0.15) is 0 Å². The summed E-state index contributed by atoms with van der Waals surface area (Å²) in [6.07, 6.45) is 0. The van der Waals surface area contributed by atoms with E-state index in [1.165, 1.54) is 11.5 Å². The van der Waals surface area contributed by atoms with Gasteiger partial charge in [-0.05, 0) is 38.8 Å². The highest BCUT2D eigenvalue weighted by molar-refractivity contribution is 7.99. The van der Waals surface area contributed by atoms with Gasteiger partial charge in [0.15, 0.2) is 0 Å². The standard InChI is InChI=1S/C16H38N2P2S/c1-13(2)19(14(3)4)17-9-11-21-12-10-18-20(15(5)6)16(7)8/h13-18H,9-12H2,1-8H3. The van der Waals surface area contributed by atoms with Gasteiger partial charge in [-0.15, -0.1) is 0 Å². The Bertz CT molecular complexity index is 208. The largest absolute Gasteiger partial charge is 0.294 e. The predicted molar refractivity (Wildman–Crippen MR) is 108 cm³/mol. The normalized spacial score (nSPS) is 12.9. The SMILES string of the molecule is CC(C)P(NCCSCCNP(C(C)C)C(C)C)C(C)C. The summed E-state index contributed by atoms with van der Waals surface area (Å²) < 4.78 is 0. The molecule has 0 aliphatic carbocycles. The molecule has 0 rings (SSSR count). The van der Waals surface area contributed by atoms with E-state index in [0.717, 1.165) is 35.7 Å². The Morgan fingerprint density at radius 3 is 1.14 bits per heavy atom. The molecule has 0 atom stereocenters. The second kappa shape index (κ2) is 12.5.